The van der Waals surface area contributed by atoms with Gasteiger partial charge in [0.2, 0.25) is 0 Å². The van der Waals surface area contributed by atoms with Crippen molar-refractivity contribution in [2.75, 3.05) is 12.4 Å². The second-order valence-corrected chi connectivity index (χ2v) is 6.35. The van der Waals surface area contributed by atoms with Crippen LogP contribution in [0.1, 0.15) is 10.4 Å². The van der Waals surface area contributed by atoms with E-state index < -0.39 is 12.5 Å². The summed E-state index contributed by atoms with van der Waals surface area (Å²) in [5.41, 5.74) is 1.57. The second-order valence-electron chi connectivity index (χ2n) is 5.94. The zero-order valence-corrected chi connectivity index (χ0v) is 15.9. The standard InChI is InChI=1S/C21H16ClF2NO4/c1-28-15-6-2-12(3-7-15)16-11-14(5-9-19(16)29-21(23)24)25-20(27)13-4-8-18(26)17(22)10-13/h2-11,21,26H,1H3,(H,25,27). The Morgan fingerprint density at radius 3 is 2.41 bits per heavy atom. The predicted octanol–water partition coefficient (Wildman–Crippen LogP) is 5.57. The number of hydrogen-bond donors (Lipinski definition) is 2. The highest BCUT2D eigenvalue weighted by atomic mass is 35.5. The Kier molecular flexibility index (Phi) is 6.19. The number of hydrogen-bond acceptors (Lipinski definition) is 4. The van der Waals surface area contributed by atoms with Gasteiger partial charge in [0.05, 0.1) is 12.1 Å². The van der Waals surface area contributed by atoms with Gasteiger partial charge in [-0.05, 0) is 54.1 Å². The zero-order chi connectivity index (χ0) is 21.0. The highest BCUT2D eigenvalue weighted by Crippen LogP contribution is 2.35. The Morgan fingerprint density at radius 2 is 1.79 bits per heavy atom. The second kappa shape index (κ2) is 8.79. The normalized spacial score (nSPS) is 10.7. The van der Waals surface area contributed by atoms with E-state index in [1.165, 1.54) is 43.5 Å². The Bertz CT molecular complexity index is 1030. The van der Waals surface area contributed by atoms with E-state index in [0.717, 1.165) is 0 Å². The van der Waals surface area contributed by atoms with Crippen LogP contribution in [0.25, 0.3) is 11.1 Å². The molecule has 3 aromatic rings. The van der Waals surface area contributed by atoms with Gasteiger partial charge in [-0.3, -0.25) is 4.79 Å². The molecule has 8 heteroatoms. The first-order valence-electron chi connectivity index (χ1n) is 8.40. The molecule has 0 spiro atoms. The molecule has 1 amide bonds. The number of anilines is 1. The molecule has 150 valence electrons. The molecule has 0 fully saturated rings. The molecule has 0 heterocycles. The van der Waals surface area contributed by atoms with Crippen LogP contribution in [-0.4, -0.2) is 24.7 Å². The lowest BCUT2D eigenvalue weighted by molar-refractivity contribution is -0.0494. The van der Waals surface area contributed by atoms with Crippen molar-refractivity contribution in [3.8, 4) is 28.4 Å². The first-order valence-corrected chi connectivity index (χ1v) is 8.78. The lowest BCUT2D eigenvalue weighted by atomic mass is 10.0. The van der Waals surface area contributed by atoms with Gasteiger partial charge in [0.15, 0.2) is 0 Å². The van der Waals surface area contributed by atoms with Gasteiger partial charge in [-0.15, -0.1) is 0 Å². The molecule has 0 saturated carbocycles. The van der Waals surface area contributed by atoms with Gasteiger partial charge in [0.1, 0.15) is 17.2 Å². The van der Waals surface area contributed by atoms with E-state index in [1.54, 1.807) is 24.3 Å². The Balaban J connectivity index is 1.93. The van der Waals surface area contributed by atoms with Crippen LogP contribution in [0.15, 0.2) is 60.7 Å². The molecule has 0 aromatic heterocycles. The number of carbonyl (C=O) groups excluding carboxylic acids is 1. The Labute approximate surface area is 170 Å². The average Bonchev–Trinajstić information content (AvgIpc) is 2.71. The number of phenolic OH excluding ortho intramolecular Hbond substituents is 1. The monoisotopic (exact) mass is 419 g/mol. The molecule has 2 N–H and O–H groups in total. The molecular weight excluding hydrogens is 404 g/mol. The SMILES string of the molecule is COc1ccc(-c2cc(NC(=O)c3ccc(O)c(Cl)c3)ccc2OC(F)F)cc1. The fourth-order valence-corrected chi connectivity index (χ4v) is 2.83. The molecule has 0 saturated heterocycles. The Hall–Kier alpha value is -3.32. The lowest BCUT2D eigenvalue weighted by Gasteiger charge is -2.14. The van der Waals surface area contributed by atoms with Gasteiger partial charge in [-0.1, -0.05) is 23.7 Å². The number of phenols is 1. The van der Waals surface area contributed by atoms with Gasteiger partial charge in [-0.25, -0.2) is 0 Å². The largest absolute Gasteiger partial charge is 0.506 e. The number of benzene rings is 3. The zero-order valence-electron chi connectivity index (χ0n) is 15.2. The van der Waals surface area contributed by atoms with Crippen molar-refractivity contribution < 1.29 is 28.2 Å². The minimum Gasteiger partial charge on any atom is -0.506 e. The van der Waals surface area contributed by atoms with Crippen molar-refractivity contribution in [1.29, 1.82) is 0 Å². The summed E-state index contributed by atoms with van der Waals surface area (Å²) >= 11 is 5.83. The summed E-state index contributed by atoms with van der Waals surface area (Å²) in [5, 5.41) is 12.2. The molecule has 3 aromatic carbocycles. The smallest absolute Gasteiger partial charge is 0.387 e. The third kappa shape index (κ3) is 4.94. The molecule has 0 aliphatic heterocycles. The molecule has 0 radical (unpaired) electrons. The number of alkyl halides is 2. The van der Waals surface area contributed by atoms with Crippen LogP contribution < -0.4 is 14.8 Å². The van der Waals surface area contributed by atoms with E-state index in [9.17, 15) is 18.7 Å². The van der Waals surface area contributed by atoms with Gasteiger partial charge in [-0.2, -0.15) is 8.78 Å². The van der Waals surface area contributed by atoms with E-state index in [4.69, 9.17) is 16.3 Å². The van der Waals surface area contributed by atoms with E-state index in [1.807, 2.05) is 0 Å². The van der Waals surface area contributed by atoms with Crippen molar-refractivity contribution in [2.45, 2.75) is 6.61 Å². The number of halogens is 3. The van der Waals surface area contributed by atoms with Gasteiger partial charge in [0.25, 0.3) is 5.91 Å². The summed E-state index contributed by atoms with van der Waals surface area (Å²) in [6, 6.07) is 15.1. The maximum Gasteiger partial charge on any atom is 0.387 e. The van der Waals surface area contributed by atoms with Crippen molar-refractivity contribution >= 4 is 23.2 Å². The van der Waals surface area contributed by atoms with Gasteiger partial charge < -0.3 is 19.9 Å². The summed E-state index contributed by atoms with van der Waals surface area (Å²) in [4.78, 5) is 12.5. The summed E-state index contributed by atoms with van der Waals surface area (Å²) in [6.07, 6.45) is 0. The van der Waals surface area contributed by atoms with Gasteiger partial charge in [0, 0.05) is 16.8 Å². The number of aromatic hydroxyl groups is 1. The number of methoxy groups -OCH3 is 1. The molecule has 0 aliphatic carbocycles. The van der Waals surface area contributed by atoms with Crippen LogP contribution >= 0.6 is 11.6 Å². The van der Waals surface area contributed by atoms with E-state index >= 15 is 0 Å². The van der Waals surface area contributed by atoms with Crippen LogP contribution in [0.4, 0.5) is 14.5 Å². The predicted molar refractivity (Wildman–Crippen MR) is 106 cm³/mol. The van der Waals surface area contributed by atoms with Crippen LogP contribution in [0, 0.1) is 0 Å². The number of ether oxygens (including phenoxy) is 2. The third-order valence-electron chi connectivity index (χ3n) is 4.06. The summed E-state index contributed by atoms with van der Waals surface area (Å²) in [7, 11) is 1.52. The Morgan fingerprint density at radius 1 is 1.07 bits per heavy atom. The fourth-order valence-electron chi connectivity index (χ4n) is 2.65. The average molecular weight is 420 g/mol. The quantitative estimate of drug-likeness (QED) is 0.547. The highest BCUT2D eigenvalue weighted by Gasteiger charge is 2.15. The lowest BCUT2D eigenvalue weighted by Crippen LogP contribution is -2.12. The summed E-state index contributed by atoms with van der Waals surface area (Å²) in [6.45, 7) is -2.99. The molecule has 3 rings (SSSR count). The number of carbonyl (C=O) groups is 1. The molecular formula is C21H16ClF2NO4. The van der Waals surface area contributed by atoms with Crippen molar-refractivity contribution in [1.82, 2.24) is 0 Å². The van der Waals surface area contributed by atoms with Crippen LogP contribution in [-0.2, 0) is 0 Å². The number of rotatable bonds is 6. The molecule has 0 bridgehead atoms. The van der Waals surface area contributed by atoms with Gasteiger partial charge >= 0.3 is 6.61 Å². The molecule has 0 atom stereocenters. The van der Waals surface area contributed by atoms with Crippen molar-refractivity contribution in [3.63, 3.8) is 0 Å². The minimum atomic E-state index is -2.99. The topological polar surface area (TPSA) is 67.8 Å². The first kappa shape index (κ1) is 20.4. The van der Waals surface area contributed by atoms with E-state index in [0.29, 0.717) is 22.6 Å². The molecule has 0 aliphatic rings. The van der Waals surface area contributed by atoms with Crippen molar-refractivity contribution in [2.24, 2.45) is 0 Å². The number of nitrogens with one attached hydrogen (secondary N) is 1. The van der Waals surface area contributed by atoms with Crippen molar-refractivity contribution in [3.05, 3.63) is 71.2 Å². The molecule has 0 unspecified atom stereocenters. The first-order chi connectivity index (χ1) is 13.9. The maximum atomic E-state index is 12.8. The number of amides is 1. The third-order valence-corrected chi connectivity index (χ3v) is 4.37. The maximum absolute atomic E-state index is 12.8. The highest BCUT2D eigenvalue weighted by molar-refractivity contribution is 6.32. The summed E-state index contributed by atoms with van der Waals surface area (Å²) in [5.74, 6) is -0.0387. The summed E-state index contributed by atoms with van der Waals surface area (Å²) < 4.78 is 35.3. The van der Waals surface area contributed by atoms with Crippen LogP contribution in [0.5, 0.6) is 17.2 Å². The molecule has 29 heavy (non-hydrogen) atoms. The van der Waals surface area contributed by atoms with Crippen LogP contribution in [0.3, 0.4) is 0 Å². The molecule has 5 nitrogen and oxygen atoms in total. The van der Waals surface area contributed by atoms with E-state index in [-0.39, 0.29) is 22.1 Å². The van der Waals surface area contributed by atoms with Crippen LogP contribution in [0.2, 0.25) is 5.02 Å². The fraction of sp³-hybridized carbons (Fsp3) is 0.0952. The van der Waals surface area contributed by atoms with E-state index in [2.05, 4.69) is 10.1 Å². The minimum absolute atomic E-state index is 0.0316.